The van der Waals surface area contributed by atoms with E-state index in [2.05, 4.69) is 5.32 Å². The van der Waals surface area contributed by atoms with Crippen molar-refractivity contribution in [2.45, 2.75) is 43.2 Å². The molecule has 0 saturated carbocycles. The van der Waals surface area contributed by atoms with E-state index in [-0.39, 0.29) is 0 Å². The topological polar surface area (TPSA) is 58.6 Å². The fourth-order valence-corrected chi connectivity index (χ4v) is 4.71. The normalized spacial score (nSPS) is 26.5. The highest BCUT2D eigenvalue weighted by molar-refractivity contribution is 7.89. The van der Waals surface area contributed by atoms with Gasteiger partial charge in [0.2, 0.25) is 10.0 Å². The van der Waals surface area contributed by atoms with Gasteiger partial charge in [-0.25, -0.2) is 8.42 Å². The van der Waals surface area contributed by atoms with Gasteiger partial charge in [0.05, 0.1) is 11.5 Å². The van der Waals surface area contributed by atoms with Gasteiger partial charge >= 0.3 is 0 Å². The number of ether oxygens (including phenoxy) is 1. The Morgan fingerprint density at radius 2 is 2.10 bits per heavy atom. The molecular weight excluding hydrogens is 288 g/mol. The van der Waals surface area contributed by atoms with Crippen LogP contribution < -0.4 is 10.1 Å². The highest BCUT2D eigenvalue weighted by Gasteiger charge is 2.34. The summed E-state index contributed by atoms with van der Waals surface area (Å²) >= 11 is 0. The summed E-state index contributed by atoms with van der Waals surface area (Å²) in [6, 6.07) is 7.56. The van der Waals surface area contributed by atoms with E-state index in [4.69, 9.17) is 4.74 Å². The van der Waals surface area contributed by atoms with Gasteiger partial charge in [0.1, 0.15) is 5.75 Å². The van der Waals surface area contributed by atoms with Crippen molar-refractivity contribution in [2.24, 2.45) is 0 Å². The zero-order valence-corrected chi connectivity index (χ0v) is 13.1. The Morgan fingerprint density at radius 1 is 1.29 bits per heavy atom. The predicted molar refractivity (Wildman–Crippen MR) is 80.9 cm³/mol. The first-order chi connectivity index (χ1) is 10.1. The largest absolute Gasteiger partial charge is 0.494 e. The minimum absolute atomic E-state index is 0.294. The first-order valence-electron chi connectivity index (χ1n) is 7.58. The standard InChI is InChI=1S/C15H22N2O3S/c1-2-20-14-4-3-5-15(10-14)21(18,19)17-9-8-12-6-7-13(11-17)16-12/h3-5,10,12-13,16H,2,6-9,11H2,1H3. The molecule has 116 valence electrons. The maximum atomic E-state index is 12.8. The summed E-state index contributed by atoms with van der Waals surface area (Å²) in [7, 11) is -3.44. The van der Waals surface area contributed by atoms with Crippen molar-refractivity contribution in [3.05, 3.63) is 24.3 Å². The van der Waals surface area contributed by atoms with E-state index in [9.17, 15) is 8.42 Å². The quantitative estimate of drug-likeness (QED) is 0.918. The van der Waals surface area contributed by atoms with E-state index < -0.39 is 10.0 Å². The molecule has 2 bridgehead atoms. The molecule has 0 aliphatic carbocycles. The van der Waals surface area contributed by atoms with E-state index in [0.29, 0.717) is 42.4 Å². The summed E-state index contributed by atoms with van der Waals surface area (Å²) in [5.41, 5.74) is 0. The number of sulfonamides is 1. The summed E-state index contributed by atoms with van der Waals surface area (Å²) in [6.07, 6.45) is 3.12. The van der Waals surface area contributed by atoms with Crippen molar-refractivity contribution in [1.29, 1.82) is 0 Å². The first-order valence-corrected chi connectivity index (χ1v) is 9.02. The van der Waals surface area contributed by atoms with E-state index in [1.54, 1.807) is 28.6 Å². The average molecular weight is 310 g/mol. The zero-order chi connectivity index (χ0) is 14.9. The Kier molecular flexibility index (Phi) is 4.19. The van der Waals surface area contributed by atoms with Crippen molar-refractivity contribution < 1.29 is 13.2 Å². The number of hydrogen-bond donors (Lipinski definition) is 1. The molecule has 1 N–H and O–H groups in total. The third-order valence-corrected chi connectivity index (χ3v) is 6.10. The lowest BCUT2D eigenvalue weighted by atomic mass is 10.1. The molecule has 21 heavy (non-hydrogen) atoms. The van der Waals surface area contributed by atoms with E-state index in [1.165, 1.54) is 6.42 Å². The molecule has 0 amide bonds. The second-order valence-corrected chi connectivity index (χ2v) is 7.64. The highest BCUT2D eigenvalue weighted by atomic mass is 32.2. The zero-order valence-electron chi connectivity index (χ0n) is 12.3. The van der Waals surface area contributed by atoms with Crippen LogP contribution in [0.4, 0.5) is 0 Å². The highest BCUT2D eigenvalue weighted by Crippen LogP contribution is 2.26. The average Bonchev–Trinajstić information content (AvgIpc) is 2.78. The van der Waals surface area contributed by atoms with Crippen LogP contribution in [0.1, 0.15) is 26.2 Å². The predicted octanol–water partition coefficient (Wildman–Crippen LogP) is 1.60. The molecular formula is C15H22N2O3S. The molecule has 0 aromatic heterocycles. The number of fused-ring (bicyclic) bond motifs is 2. The number of rotatable bonds is 4. The molecule has 0 radical (unpaired) electrons. The van der Waals surface area contributed by atoms with Crippen molar-refractivity contribution in [2.75, 3.05) is 19.7 Å². The van der Waals surface area contributed by atoms with Gasteiger partial charge in [0, 0.05) is 31.2 Å². The van der Waals surface area contributed by atoms with Gasteiger partial charge in [0.25, 0.3) is 0 Å². The summed E-state index contributed by atoms with van der Waals surface area (Å²) in [5.74, 6) is 0.605. The molecule has 1 aromatic rings. The third kappa shape index (κ3) is 3.07. The van der Waals surface area contributed by atoms with Gasteiger partial charge in [-0.3, -0.25) is 0 Å². The van der Waals surface area contributed by atoms with Crippen LogP contribution in [0.5, 0.6) is 5.75 Å². The number of benzene rings is 1. The molecule has 2 fully saturated rings. The van der Waals surface area contributed by atoms with Gasteiger partial charge in [-0.15, -0.1) is 0 Å². The van der Waals surface area contributed by atoms with Crippen molar-refractivity contribution in [3.63, 3.8) is 0 Å². The minimum Gasteiger partial charge on any atom is -0.494 e. The van der Waals surface area contributed by atoms with Crippen molar-refractivity contribution in [3.8, 4) is 5.75 Å². The maximum Gasteiger partial charge on any atom is 0.243 e. The maximum absolute atomic E-state index is 12.8. The van der Waals surface area contributed by atoms with Gasteiger partial charge < -0.3 is 10.1 Å². The Morgan fingerprint density at radius 3 is 2.90 bits per heavy atom. The summed E-state index contributed by atoms with van der Waals surface area (Å²) in [4.78, 5) is 0.325. The van der Waals surface area contributed by atoms with Crippen LogP contribution in [0.3, 0.4) is 0 Å². The molecule has 2 heterocycles. The molecule has 2 aliphatic rings. The fraction of sp³-hybridized carbons (Fsp3) is 0.600. The van der Waals surface area contributed by atoms with Crippen LogP contribution in [-0.4, -0.2) is 44.5 Å². The molecule has 2 aliphatic heterocycles. The SMILES string of the molecule is CCOc1cccc(S(=O)(=O)N2CCC3CCC(C2)N3)c1. The number of nitrogens with zero attached hydrogens (tertiary/aromatic N) is 1. The lowest BCUT2D eigenvalue weighted by Crippen LogP contribution is -2.39. The molecule has 6 heteroatoms. The summed E-state index contributed by atoms with van der Waals surface area (Å²) in [6.45, 7) is 3.58. The van der Waals surface area contributed by atoms with E-state index in [0.717, 1.165) is 12.8 Å². The molecule has 2 atom stereocenters. The number of nitrogens with one attached hydrogen (secondary N) is 1. The molecule has 2 unspecified atom stereocenters. The Hall–Kier alpha value is -1.11. The van der Waals surface area contributed by atoms with E-state index in [1.807, 2.05) is 6.92 Å². The Bertz CT molecular complexity index is 603. The summed E-state index contributed by atoms with van der Waals surface area (Å²) < 4.78 is 32.7. The lowest BCUT2D eigenvalue weighted by Gasteiger charge is -2.23. The molecule has 5 nitrogen and oxygen atoms in total. The van der Waals surface area contributed by atoms with Gasteiger partial charge in [-0.2, -0.15) is 4.31 Å². The van der Waals surface area contributed by atoms with E-state index >= 15 is 0 Å². The molecule has 1 aromatic carbocycles. The van der Waals surface area contributed by atoms with Crippen molar-refractivity contribution in [1.82, 2.24) is 9.62 Å². The van der Waals surface area contributed by atoms with Crippen LogP contribution in [-0.2, 0) is 10.0 Å². The van der Waals surface area contributed by atoms with Crippen LogP contribution in [0.25, 0.3) is 0 Å². The lowest BCUT2D eigenvalue weighted by molar-refractivity contribution is 0.338. The van der Waals surface area contributed by atoms with Gasteiger partial charge in [-0.1, -0.05) is 6.07 Å². The smallest absolute Gasteiger partial charge is 0.243 e. The Balaban J connectivity index is 1.84. The monoisotopic (exact) mass is 310 g/mol. The molecule has 0 spiro atoms. The second-order valence-electron chi connectivity index (χ2n) is 5.70. The van der Waals surface area contributed by atoms with Crippen LogP contribution in [0, 0.1) is 0 Å². The van der Waals surface area contributed by atoms with Gasteiger partial charge in [-0.05, 0) is 38.3 Å². The van der Waals surface area contributed by atoms with Gasteiger partial charge in [0.15, 0.2) is 0 Å². The van der Waals surface area contributed by atoms with Crippen LogP contribution >= 0.6 is 0 Å². The summed E-state index contributed by atoms with van der Waals surface area (Å²) in [5, 5.41) is 3.51. The fourth-order valence-electron chi connectivity index (χ4n) is 3.17. The van der Waals surface area contributed by atoms with Crippen molar-refractivity contribution >= 4 is 10.0 Å². The molecule has 2 saturated heterocycles. The third-order valence-electron chi connectivity index (χ3n) is 4.24. The number of hydrogen-bond acceptors (Lipinski definition) is 4. The van der Waals surface area contributed by atoms with Crippen LogP contribution in [0.15, 0.2) is 29.2 Å². The molecule has 3 rings (SSSR count). The first kappa shape index (κ1) is 14.8. The van der Waals surface area contributed by atoms with Crippen LogP contribution in [0.2, 0.25) is 0 Å². The second kappa shape index (κ2) is 5.94. The Labute approximate surface area is 126 Å². The minimum atomic E-state index is -3.44.